The summed E-state index contributed by atoms with van der Waals surface area (Å²) in [6, 6.07) is 0. The van der Waals surface area contributed by atoms with Crippen molar-refractivity contribution in [2.45, 2.75) is 27.7 Å². The summed E-state index contributed by atoms with van der Waals surface area (Å²) in [5.74, 6) is -0.281. The van der Waals surface area contributed by atoms with Gasteiger partial charge in [-0.15, -0.1) is 0 Å². The van der Waals surface area contributed by atoms with Gasteiger partial charge in [0.25, 0.3) is 0 Å². The van der Waals surface area contributed by atoms with E-state index in [1.807, 2.05) is 20.8 Å². The van der Waals surface area contributed by atoms with Gasteiger partial charge in [-0.2, -0.15) is 0 Å². The first-order valence-corrected chi connectivity index (χ1v) is 5.10. The minimum absolute atomic E-state index is 0.0593. The van der Waals surface area contributed by atoms with Crippen molar-refractivity contribution in [1.82, 2.24) is 0 Å². The van der Waals surface area contributed by atoms with Crippen molar-refractivity contribution in [2.24, 2.45) is 5.41 Å². The first-order chi connectivity index (χ1) is 7.77. The Morgan fingerprint density at radius 1 is 1.29 bits per heavy atom. The lowest BCUT2D eigenvalue weighted by molar-refractivity contribution is -0.135. The van der Waals surface area contributed by atoms with Crippen molar-refractivity contribution < 1.29 is 23.8 Å². The lowest BCUT2D eigenvalue weighted by Gasteiger charge is -2.20. The molecule has 5 nitrogen and oxygen atoms in total. The summed E-state index contributed by atoms with van der Waals surface area (Å²) in [5.41, 5.74) is -0.483. The molecule has 0 amide bonds. The molecular weight excluding hydrogens is 224 g/mol. The molecule has 0 spiro atoms. The average molecular weight is 242 g/mol. The Balaban J connectivity index is 4.61. The molecule has 96 valence electrons. The number of allylic oxidation sites excluding steroid dienone is 1. The van der Waals surface area contributed by atoms with Gasteiger partial charge in [-0.3, -0.25) is 4.79 Å². The van der Waals surface area contributed by atoms with E-state index in [1.54, 1.807) is 0 Å². The zero-order valence-corrected chi connectivity index (χ0v) is 10.6. The fraction of sp³-hybridized carbons (Fsp3) is 0.500. The smallest absolute Gasteiger partial charge is 0.431 e. The molecule has 0 aliphatic carbocycles. The number of ether oxygens (including phenoxy) is 3. The zero-order valence-electron chi connectivity index (χ0n) is 10.6. The summed E-state index contributed by atoms with van der Waals surface area (Å²) >= 11 is 0. The van der Waals surface area contributed by atoms with Crippen LogP contribution in [0.1, 0.15) is 27.7 Å². The molecule has 0 aromatic carbocycles. The first-order valence-electron chi connectivity index (χ1n) is 5.10. The summed E-state index contributed by atoms with van der Waals surface area (Å²) in [6.45, 7) is 10.1. The second-order valence-electron chi connectivity index (χ2n) is 4.29. The summed E-state index contributed by atoms with van der Waals surface area (Å²) < 4.78 is 14.3. The van der Waals surface area contributed by atoms with Crippen molar-refractivity contribution in [2.75, 3.05) is 6.61 Å². The lowest BCUT2D eigenvalue weighted by atomic mass is 9.94. The molecule has 0 aromatic heterocycles. The number of carbonyl (C=O) groups is 2. The van der Waals surface area contributed by atoms with Crippen LogP contribution in [0.5, 0.6) is 0 Å². The molecule has 17 heavy (non-hydrogen) atoms. The number of carbonyl (C=O) groups excluding carboxylic acids is 2. The van der Waals surface area contributed by atoms with Gasteiger partial charge >= 0.3 is 12.1 Å². The van der Waals surface area contributed by atoms with E-state index in [0.29, 0.717) is 0 Å². The van der Waals surface area contributed by atoms with Gasteiger partial charge in [0.2, 0.25) is 0 Å². The first kappa shape index (κ1) is 15.2. The summed E-state index contributed by atoms with van der Waals surface area (Å²) in [7, 11) is 0. The van der Waals surface area contributed by atoms with Crippen LogP contribution >= 0.6 is 0 Å². The van der Waals surface area contributed by atoms with Crippen molar-refractivity contribution in [3.8, 4) is 0 Å². The number of hydrogen-bond donors (Lipinski definition) is 0. The van der Waals surface area contributed by atoms with Crippen molar-refractivity contribution in [3.63, 3.8) is 0 Å². The van der Waals surface area contributed by atoms with Gasteiger partial charge in [0.05, 0.1) is 0 Å². The molecule has 0 saturated carbocycles. The van der Waals surface area contributed by atoms with Crippen LogP contribution in [0.15, 0.2) is 24.7 Å². The molecule has 0 rings (SSSR count). The highest BCUT2D eigenvalue weighted by Gasteiger charge is 2.23. The highest BCUT2D eigenvalue weighted by atomic mass is 16.7. The van der Waals surface area contributed by atoms with Crippen LogP contribution in [0.2, 0.25) is 0 Å². The van der Waals surface area contributed by atoms with Gasteiger partial charge in [0.1, 0.15) is 12.9 Å². The molecular formula is C12H18O5. The van der Waals surface area contributed by atoms with Gasteiger partial charge in [-0.1, -0.05) is 33.4 Å². The molecule has 0 unspecified atom stereocenters. The third kappa shape index (κ3) is 7.16. The fourth-order valence-corrected chi connectivity index (χ4v) is 0.737. The maximum absolute atomic E-state index is 11.2. The number of esters is 1. The van der Waals surface area contributed by atoms with E-state index in [0.717, 1.165) is 6.26 Å². The molecule has 0 aliphatic rings. The normalized spacial score (nSPS) is 11.6. The number of rotatable bonds is 4. The van der Waals surface area contributed by atoms with Crippen LogP contribution in [0.4, 0.5) is 4.79 Å². The Kier molecular flexibility index (Phi) is 6.02. The van der Waals surface area contributed by atoms with E-state index in [-0.39, 0.29) is 12.4 Å². The maximum atomic E-state index is 11.2. The molecule has 0 aromatic rings. The van der Waals surface area contributed by atoms with E-state index in [4.69, 9.17) is 4.74 Å². The predicted molar refractivity (Wildman–Crippen MR) is 61.9 cm³/mol. The van der Waals surface area contributed by atoms with E-state index in [1.165, 1.54) is 13.0 Å². The van der Waals surface area contributed by atoms with E-state index in [9.17, 15) is 9.59 Å². The van der Waals surface area contributed by atoms with E-state index in [2.05, 4.69) is 16.1 Å². The molecule has 0 aliphatic heterocycles. The molecule has 0 fully saturated rings. The van der Waals surface area contributed by atoms with Crippen LogP contribution in [0.3, 0.4) is 0 Å². The van der Waals surface area contributed by atoms with Crippen LogP contribution in [-0.4, -0.2) is 18.7 Å². The minimum atomic E-state index is -0.863. The molecule has 0 N–H and O–H groups in total. The van der Waals surface area contributed by atoms with Crippen LogP contribution < -0.4 is 0 Å². The Bertz CT molecular complexity index is 322. The Hall–Kier alpha value is -1.78. The topological polar surface area (TPSA) is 61.8 Å². The van der Waals surface area contributed by atoms with Crippen LogP contribution in [-0.2, 0) is 19.0 Å². The van der Waals surface area contributed by atoms with Gasteiger partial charge in [0, 0.05) is 12.3 Å². The Labute approximate surface area is 101 Å². The molecule has 0 saturated heterocycles. The number of hydrogen-bond acceptors (Lipinski definition) is 5. The molecule has 0 atom stereocenters. The second kappa shape index (κ2) is 6.73. The van der Waals surface area contributed by atoms with Gasteiger partial charge < -0.3 is 14.2 Å². The predicted octanol–water partition coefficient (Wildman–Crippen LogP) is 2.78. The molecule has 0 heterocycles. The highest BCUT2D eigenvalue weighted by molar-refractivity contribution is 5.67. The third-order valence-electron chi connectivity index (χ3n) is 1.58. The molecule has 0 radical (unpaired) electrons. The monoisotopic (exact) mass is 242 g/mol. The van der Waals surface area contributed by atoms with Gasteiger partial charge in [-0.05, 0) is 0 Å². The molecule has 5 heteroatoms. The summed E-state index contributed by atoms with van der Waals surface area (Å²) in [6.07, 6.45) is 1.67. The van der Waals surface area contributed by atoms with E-state index < -0.39 is 17.5 Å². The lowest BCUT2D eigenvalue weighted by Crippen LogP contribution is -2.18. The minimum Gasteiger partial charge on any atom is -0.431 e. The van der Waals surface area contributed by atoms with Crippen molar-refractivity contribution in [3.05, 3.63) is 24.7 Å². The maximum Gasteiger partial charge on any atom is 0.513 e. The zero-order chi connectivity index (χ0) is 13.5. The Morgan fingerprint density at radius 2 is 1.88 bits per heavy atom. The van der Waals surface area contributed by atoms with Gasteiger partial charge in [-0.25, -0.2) is 4.79 Å². The average Bonchev–Trinajstić information content (AvgIpc) is 2.19. The summed E-state index contributed by atoms with van der Waals surface area (Å²) in [4.78, 5) is 21.9. The third-order valence-corrected chi connectivity index (χ3v) is 1.58. The quantitative estimate of drug-likeness (QED) is 0.431. The van der Waals surface area contributed by atoms with Crippen LogP contribution in [0.25, 0.3) is 0 Å². The highest BCUT2D eigenvalue weighted by Crippen LogP contribution is 2.26. The van der Waals surface area contributed by atoms with Crippen molar-refractivity contribution in [1.29, 1.82) is 0 Å². The largest absolute Gasteiger partial charge is 0.513 e. The summed E-state index contributed by atoms with van der Waals surface area (Å²) in [5, 5.41) is 0. The standard InChI is InChI=1S/C12H18O5/c1-6-7-15-11(14)17-10(12(3,4)5)8-16-9(2)13/h6,8H,1,7H2,2-5H3/b10-8-. The fourth-order valence-electron chi connectivity index (χ4n) is 0.737. The van der Waals surface area contributed by atoms with Crippen molar-refractivity contribution >= 4 is 12.1 Å². The Morgan fingerprint density at radius 3 is 2.29 bits per heavy atom. The molecule has 0 bridgehead atoms. The van der Waals surface area contributed by atoms with Gasteiger partial charge in [0.15, 0.2) is 5.76 Å². The van der Waals surface area contributed by atoms with Crippen LogP contribution in [0, 0.1) is 5.41 Å². The van der Waals surface area contributed by atoms with E-state index >= 15 is 0 Å². The second-order valence-corrected chi connectivity index (χ2v) is 4.29. The SMILES string of the molecule is C=CCOC(=O)O/C(=C\OC(C)=O)C(C)(C)C.